The predicted molar refractivity (Wildman–Crippen MR) is 62.5 cm³/mol. The zero-order valence-corrected chi connectivity index (χ0v) is 10.1. The van der Waals surface area contributed by atoms with Crippen molar-refractivity contribution in [3.05, 3.63) is 34.9 Å². The molecule has 1 rings (SSSR count). The maximum Gasteiger partial charge on any atom is 0.338 e. The average Bonchev–Trinajstić information content (AvgIpc) is 2.43. The molecular formula is C12H13NO5. The molecule has 0 saturated carbocycles. The number of hydrogen-bond donors (Lipinski definition) is 1. The van der Waals surface area contributed by atoms with Gasteiger partial charge in [0.2, 0.25) is 0 Å². The molecule has 0 unspecified atom stereocenters. The second-order valence-corrected chi connectivity index (χ2v) is 3.37. The molecular weight excluding hydrogens is 238 g/mol. The number of ether oxygens (including phenoxy) is 2. The summed E-state index contributed by atoms with van der Waals surface area (Å²) in [6, 6.07) is 3.99. The first-order valence-corrected chi connectivity index (χ1v) is 5.09. The third-order valence-corrected chi connectivity index (χ3v) is 2.33. The van der Waals surface area contributed by atoms with Crippen LogP contribution in [0.3, 0.4) is 0 Å². The molecule has 0 saturated heterocycles. The van der Waals surface area contributed by atoms with Crippen LogP contribution in [-0.2, 0) is 9.47 Å². The molecule has 0 aliphatic rings. The lowest BCUT2D eigenvalue weighted by molar-refractivity contribution is 0.0585. The molecule has 6 heteroatoms. The van der Waals surface area contributed by atoms with Crippen molar-refractivity contribution < 1.29 is 23.9 Å². The third kappa shape index (κ3) is 2.72. The van der Waals surface area contributed by atoms with Crippen molar-refractivity contribution in [1.82, 2.24) is 0 Å². The van der Waals surface area contributed by atoms with Gasteiger partial charge in [0.15, 0.2) is 5.78 Å². The molecule has 0 spiro atoms. The van der Waals surface area contributed by atoms with Crippen LogP contribution < -0.4 is 5.73 Å². The van der Waals surface area contributed by atoms with E-state index < -0.39 is 17.7 Å². The summed E-state index contributed by atoms with van der Waals surface area (Å²) in [5.74, 6) is -1.72. The molecule has 1 aromatic carbocycles. The normalized spacial score (nSPS) is 9.72. The molecule has 0 radical (unpaired) electrons. The minimum absolute atomic E-state index is 0.0484. The number of rotatable bonds is 4. The summed E-state index contributed by atoms with van der Waals surface area (Å²) in [6.07, 6.45) is 0. The number of nitrogens with two attached hydrogens (primary N) is 1. The molecule has 0 aromatic heterocycles. The Kier molecular flexibility index (Phi) is 4.56. The van der Waals surface area contributed by atoms with E-state index in [9.17, 15) is 14.4 Å². The standard InChI is InChI=1S/C12H13NO5/c1-17-11(15)7-3-4-8(12(16)18-2)9(5-7)10(14)6-13/h3-5H,6,13H2,1-2H3. The van der Waals surface area contributed by atoms with Gasteiger partial charge in [0, 0.05) is 5.56 Å². The van der Waals surface area contributed by atoms with Gasteiger partial charge in [-0.2, -0.15) is 0 Å². The quantitative estimate of drug-likeness (QED) is 0.614. The maximum atomic E-state index is 11.6. The Morgan fingerprint density at radius 1 is 1.06 bits per heavy atom. The van der Waals surface area contributed by atoms with E-state index in [4.69, 9.17) is 5.73 Å². The average molecular weight is 251 g/mol. The first kappa shape index (κ1) is 13.9. The number of methoxy groups -OCH3 is 2. The number of hydrogen-bond acceptors (Lipinski definition) is 6. The second kappa shape index (κ2) is 5.92. The summed E-state index contributed by atoms with van der Waals surface area (Å²) in [5, 5.41) is 0. The van der Waals surface area contributed by atoms with Gasteiger partial charge in [-0.1, -0.05) is 0 Å². The van der Waals surface area contributed by atoms with Gasteiger partial charge in [0.25, 0.3) is 0 Å². The van der Waals surface area contributed by atoms with Crippen LogP contribution in [0.1, 0.15) is 31.1 Å². The number of carbonyl (C=O) groups excluding carboxylic acids is 3. The van der Waals surface area contributed by atoms with Crippen molar-refractivity contribution in [3.8, 4) is 0 Å². The van der Waals surface area contributed by atoms with Crippen LogP contribution in [-0.4, -0.2) is 38.5 Å². The zero-order chi connectivity index (χ0) is 13.7. The Labute approximate surface area is 104 Å². The summed E-state index contributed by atoms with van der Waals surface area (Å²) in [6.45, 7) is -0.269. The molecule has 0 fully saturated rings. The van der Waals surface area contributed by atoms with E-state index in [2.05, 4.69) is 9.47 Å². The lowest BCUT2D eigenvalue weighted by Gasteiger charge is -2.08. The molecule has 0 heterocycles. The molecule has 0 atom stereocenters. The first-order valence-electron chi connectivity index (χ1n) is 5.09. The zero-order valence-electron chi connectivity index (χ0n) is 10.1. The van der Waals surface area contributed by atoms with Crippen LogP contribution >= 0.6 is 0 Å². The van der Waals surface area contributed by atoms with Gasteiger partial charge in [-0.25, -0.2) is 9.59 Å². The second-order valence-electron chi connectivity index (χ2n) is 3.37. The maximum absolute atomic E-state index is 11.6. The van der Waals surface area contributed by atoms with E-state index in [0.717, 1.165) is 0 Å². The lowest BCUT2D eigenvalue weighted by atomic mass is 10.0. The summed E-state index contributed by atoms with van der Waals surface area (Å²) >= 11 is 0. The van der Waals surface area contributed by atoms with Crippen LogP contribution in [0.25, 0.3) is 0 Å². The topological polar surface area (TPSA) is 95.7 Å². The number of carbonyl (C=O) groups is 3. The monoisotopic (exact) mass is 251 g/mol. The van der Waals surface area contributed by atoms with Crippen molar-refractivity contribution in [2.75, 3.05) is 20.8 Å². The number of ketones is 1. The molecule has 1 aromatic rings. The number of Topliss-reactive ketones (excluding diaryl/α,β-unsaturated/α-hetero) is 1. The van der Waals surface area contributed by atoms with E-state index in [1.807, 2.05) is 0 Å². The number of benzene rings is 1. The fourth-order valence-electron chi connectivity index (χ4n) is 1.42. The Balaban J connectivity index is 3.33. The molecule has 0 aliphatic heterocycles. The minimum atomic E-state index is -0.664. The fourth-order valence-corrected chi connectivity index (χ4v) is 1.42. The molecule has 96 valence electrons. The smallest absolute Gasteiger partial charge is 0.338 e. The van der Waals surface area contributed by atoms with Crippen LogP contribution in [0, 0.1) is 0 Å². The predicted octanol–water partition coefficient (Wildman–Crippen LogP) is 0.401. The lowest BCUT2D eigenvalue weighted by Crippen LogP contribution is -2.19. The van der Waals surface area contributed by atoms with E-state index in [-0.39, 0.29) is 23.2 Å². The van der Waals surface area contributed by atoms with Crippen LogP contribution in [0.4, 0.5) is 0 Å². The van der Waals surface area contributed by atoms with Gasteiger partial charge in [-0.05, 0) is 18.2 Å². The Morgan fingerprint density at radius 2 is 1.67 bits per heavy atom. The number of esters is 2. The van der Waals surface area contributed by atoms with Crippen molar-refractivity contribution in [1.29, 1.82) is 0 Å². The van der Waals surface area contributed by atoms with Gasteiger partial charge >= 0.3 is 11.9 Å². The minimum Gasteiger partial charge on any atom is -0.465 e. The Hall–Kier alpha value is -2.21. The molecule has 18 heavy (non-hydrogen) atoms. The third-order valence-electron chi connectivity index (χ3n) is 2.33. The highest BCUT2D eigenvalue weighted by atomic mass is 16.5. The van der Waals surface area contributed by atoms with Crippen molar-refractivity contribution in [2.24, 2.45) is 5.73 Å². The SMILES string of the molecule is COC(=O)c1ccc(C(=O)OC)c(C(=O)CN)c1. The van der Waals surface area contributed by atoms with Gasteiger partial charge in [-0.15, -0.1) is 0 Å². The Morgan fingerprint density at radius 3 is 2.17 bits per heavy atom. The first-order chi connectivity index (χ1) is 8.54. The van der Waals surface area contributed by atoms with Gasteiger partial charge < -0.3 is 15.2 Å². The van der Waals surface area contributed by atoms with Crippen LogP contribution in [0.5, 0.6) is 0 Å². The summed E-state index contributed by atoms with van der Waals surface area (Å²) in [5.41, 5.74) is 5.54. The fraction of sp³-hybridized carbons (Fsp3) is 0.250. The highest BCUT2D eigenvalue weighted by molar-refractivity contribution is 6.08. The molecule has 0 bridgehead atoms. The Bertz CT molecular complexity index is 495. The summed E-state index contributed by atoms with van der Waals surface area (Å²) < 4.78 is 9.08. The van der Waals surface area contributed by atoms with Gasteiger partial charge in [0.1, 0.15) is 0 Å². The van der Waals surface area contributed by atoms with E-state index in [1.165, 1.54) is 32.4 Å². The molecule has 0 amide bonds. The largest absolute Gasteiger partial charge is 0.465 e. The molecule has 6 nitrogen and oxygen atoms in total. The van der Waals surface area contributed by atoms with Gasteiger partial charge in [-0.3, -0.25) is 4.79 Å². The van der Waals surface area contributed by atoms with Gasteiger partial charge in [0.05, 0.1) is 31.9 Å². The van der Waals surface area contributed by atoms with E-state index in [0.29, 0.717) is 0 Å². The molecule has 2 N–H and O–H groups in total. The van der Waals surface area contributed by atoms with Crippen molar-refractivity contribution in [3.63, 3.8) is 0 Å². The van der Waals surface area contributed by atoms with Crippen LogP contribution in [0.2, 0.25) is 0 Å². The highest BCUT2D eigenvalue weighted by Crippen LogP contribution is 2.15. The van der Waals surface area contributed by atoms with Crippen molar-refractivity contribution >= 4 is 17.7 Å². The van der Waals surface area contributed by atoms with E-state index >= 15 is 0 Å². The summed E-state index contributed by atoms with van der Waals surface area (Å²) in [4.78, 5) is 34.5. The van der Waals surface area contributed by atoms with Crippen LogP contribution in [0.15, 0.2) is 18.2 Å². The highest BCUT2D eigenvalue weighted by Gasteiger charge is 2.19. The molecule has 0 aliphatic carbocycles. The van der Waals surface area contributed by atoms with E-state index in [1.54, 1.807) is 0 Å². The van der Waals surface area contributed by atoms with Crippen molar-refractivity contribution in [2.45, 2.75) is 0 Å². The summed E-state index contributed by atoms with van der Waals surface area (Å²) in [7, 11) is 2.42.